The third-order valence-electron chi connectivity index (χ3n) is 1.97. The Morgan fingerprint density at radius 3 is 3.00 bits per heavy atom. The van der Waals surface area contributed by atoms with Crippen molar-refractivity contribution in [2.24, 2.45) is 5.73 Å². The maximum Gasteiger partial charge on any atom is 0.342 e. The number of nitrogens with two attached hydrogens (primary N) is 1. The number of carbonyl (C=O) groups is 1. The predicted molar refractivity (Wildman–Crippen MR) is 60.4 cm³/mol. The van der Waals surface area contributed by atoms with E-state index in [9.17, 15) is 9.18 Å². The summed E-state index contributed by atoms with van der Waals surface area (Å²) in [6, 6.07) is 2.15. The molecule has 2 atom stereocenters. The lowest BCUT2D eigenvalue weighted by Gasteiger charge is -2.16. The summed E-state index contributed by atoms with van der Waals surface area (Å²) in [6.07, 6.45) is -0.349. The van der Waals surface area contributed by atoms with Crippen molar-refractivity contribution in [3.63, 3.8) is 0 Å². The second-order valence-corrected chi connectivity index (χ2v) is 3.81. The summed E-state index contributed by atoms with van der Waals surface area (Å²) < 4.78 is 18.6. The molecule has 1 heterocycles. The van der Waals surface area contributed by atoms with E-state index in [0.29, 0.717) is 10.2 Å². The Hall–Kier alpha value is -1.01. The summed E-state index contributed by atoms with van der Waals surface area (Å²) in [7, 11) is 0. The largest absolute Gasteiger partial charge is 0.464 e. The van der Waals surface area contributed by atoms with E-state index in [2.05, 4.69) is 25.7 Å². The number of rotatable bonds is 4. The van der Waals surface area contributed by atoms with E-state index in [0.717, 1.165) is 0 Å². The number of aromatic nitrogens is 1. The van der Waals surface area contributed by atoms with E-state index in [1.807, 2.05) is 0 Å². The molecular weight excluding hydrogens is 279 g/mol. The van der Waals surface area contributed by atoms with Crippen LogP contribution in [-0.4, -0.2) is 23.7 Å². The van der Waals surface area contributed by atoms with Crippen LogP contribution < -0.4 is 5.73 Å². The predicted octanol–water partition coefficient (Wildman–Crippen LogP) is 1.75. The quantitative estimate of drug-likeness (QED) is 0.678. The van der Waals surface area contributed by atoms with Crippen LogP contribution in [0.3, 0.4) is 0 Å². The lowest BCUT2D eigenvalue weighted by atomic mass is 10.1. The molecule has 1 unspecified atom stereocenters. The second-order valence-electron chi connectivity index (χ2n) is 3.06. The van der Waals surface area contributed by atoms with Crippen LogP contribution in [0, 0.1) is 0 Å². The van der Waals surface area contributed by atoms with E-state index in [1.54, 1.807) is 19.1 Å². The van der Waals surface area contributed by atoms with Crippen molar-refractivity contribution < 1.29 is 13.9 Å². The first kappa shape index (κ1) is 13.1. The molecule has 0 bridgehead atoms. The van der Waals surface area contributed by atoms with Crippen molar-refractivity contribution in [3.05, 3.63) is 28.5 Å². The molecule has 0 aliphatic heterocycles. The van der Waals surface area contributed by atoms with Crippen molar-refractivity contribution in [2.75, 3.05) is 6.61 Å². The van der Waals surface area contributed by atoms with Gasteiger partial charge in [0.1, 0.15) is 4.60 Å². The first-order valence-electron chi connectivity index (χ1n) is 4.74. The Bertz CT molecular complexity index is 376. The average Bonchev–Trinajstić information content (AvgIpc) is 2.28. The molecular formula is C10H12BrFN2O2. The molecule has 0 aliphatic rings. The van der Waals surface area contributed by atoms with Gasteiger partial charge in [0.05, 0.1) is 12.6 Å². The van der Waals surface area contributed by atoms with Gasteiger partial charge in [0.25, 0.3) is 0 Å². The van der Waals surface area contributed by atoms with Gasteiger partial charge < -0.3 is 10.5 Å². The number of ether oxygens (including phenoxy) is 1. The van der Waals surface area contributed by atoms with Crippen molar-refractivity contribution in [3.8, 4) is 0 Å². The minimum atomic E-state index is -1.89. The van der Waals surface area contributed by atoms with E-state index in [-0.39, 0.29) is 6.61 Å². The summed E-state index contributed by atoms with van der Waals surface area (Å²) in [4.78, 5) is 15.1. The summed E-state index contributed by atoms with van der Waals surface area (Å²) in [5.74, 6) is -0.953. The number of carbonyl (C=O) groups excluding carboxylic acids is 1. The van der Waals surface area contributed by atoms with Gasteiger partial charge in [-0.05, 0) is 28.9 Å². The highest BCUT2D eigenvalue weighted by molar-refractivity contribution is 9.10. The standard InChI is InChI=1S/C10H12BrFN2O2/c1-2-16-10(15)7(12)8(13)6-4-3-5-14-9(6)11/h3-5,7-8H,2,13H2,1H3/t7?,8-/m1/s1. The van der Waals surface area contributed by atoms with Gasteiger partial charge in [0, 0.05) is 11.8 Å². The molecule has 16 heavy (non-hydrogen) atoms. The molecule has 2 N–H and O–H groups in total. The SMILES string of the molecule is CCOC(=O)C(F)[C@H](N)c1cccnc1Br. The van der Waals surface area contributed by atoms with Crippen LogP contribution in [0.5, 0.6) is 0 Å². The van der Waals surface area contributed by atoms with Crippen molar-refractivity contribution in [1.29, 1.82) is 0 Å². The van der Waals surface area contributed by atoms with Gasteiger partial charge in [-0.15, -0.1) is 0 Å². The van der Waals surface area contributed by atoms with E-state index in [4.69, 9.17) is 5.73 Å². The summed E-state index contributed by atoms with van der Waals surface area (Å²) in [5.41, 5.74) is 6.06. The lowest BCUT2D eigenvalue weighted by Crippen LogP contribution is -2.31. The molecule has 6 heteroatoms. The van der Waals surface area contributed by atoms with E-state index in [1.165, 1.54) is 6.20 Å². The fourth-order valence-electron chi connectivity index (χ4n) is 1.17. The third kappa shape index (κ3) is 2.99. The van der Waals surface area contributed by atoms with Gasteiger partial charge in [-0.2, -0.15) is 0 Å². The number of esters is 1. The molecule has 0 saturated heterocycles. The number of nitrogens with zero attached hydrogens (tertiary/aromatic N) is 1. The topological polar surface area (TPSA) is 65.2 Å². The zero-order valence-electron chi connectivity index (χ0n) is 8.69. The van der Waals surface area contributed by atoms with Crippen LogP contribution >= 0.6 is 15.9 Å². The van der Waals surface area contributed by atoms with Crippen LogP contribution in [0.25, 0.3) is 0 Å². The van der Waals surface area contributed by atoms with Gasteiger partial charge in [0.2, 0.25) is 6.17 Å². The number of alkyl halides is 1. The van der Waals surface area contributed by atoms with Crippen LogP contribution in [0.2, 0.25) is 0 Å². The van der Waals surface area contributed by atoms with E-state index < -0.39 is 18.2 Å². The Kier molecular flexibility index (Phi) is 4.82. The normalized spacial score (nSPS) is 14.2. The fourth-order valence-corrected chi connectivity index (χ4v) is 1.69. The first-order chi connectivity index (χ1) is 7.57. The number of pyridine rings is 1. The highest BCUT2D eigenvalue weighted by Gasteiger charge is 2.29. The highest BCUT2D eigenvalue weighted by Crippen LogP contribution is 2.23. The van der Waals surface area contributed by atoms with E-state index >= 15 is 0 Å². The van der Waals surface area contributed by atoms with Gasteiger partial charge in [-0.3, -0.25) is 0 Å². The molecule has 0 fully saturated rings. The molecule has 1 aromatic rings. The van der Waals surface area contributed by atoms with Crippen LogP contribution in [0.4, 0.5) is 4.39 Å². The van der Waals surface area contributed by atoms with Gasteiger partial charge in [-0.25, -0.2) is 14.2 Å². The number of hydrogen-bond donors (Lipinski definition) is 1. The Morgan fingerprint density at radius 2 is 2.44 bits per heavy atom. The maximum absolute atomic E-state index is 13.6. The minimum absolute atomic E-state index is 0.125. The molecule has 4 nitrogen and oxygen atoms in total. The molecule has 0 radical (unpaired) electrons. The number of halogens is 2. The molecule has 0 saturated carbocycles. The zero-order chi connectivity index (χ0) is 12.1. The third-order valence-corrected chi connectivity index (χ3v) is 2.64. The van der Waals surface area contributed by atoms with Crippen molar-refractivity contribution in [1.82, 2.24) is 4.98 Å². The van der Waals surface area contributed by atoms with Gasteiger partial charge >= 0.3 is 5.97 Å². The first-order valence-corrected chi connectivity index (χ1v) is 5.54. The van der Waals surface area contributed by atoms with Crippen LogP contribution in [0.1, 0.15) is 18.5 Å². The average molecular weight is 291 g/mol. The molecule has 1 aromatic heterocycles. The molecule has 0 aliphatic carbocycles. The van der Waals surface area contributed by atoms with Gasteiger partial charge in [-0.1, -0.05) is 6.07 Å². The molecule has 0 aromatic carbocycles. The monoisotopic (exact) mass is 290 g/mol. The smallest absolute Gasteiger partial charge is 0.342 e. The maximum atomic E-state index is 13.6. The fraction of sp³-hybridized carbons (Fsp3) is 0.400. The van der Waals surface area contributed by atoms with Crippen LogP contribution in [-0.2, 0) is 9.53 Å². The van der Waals surface area contributed by atoms with Crippen LogP contribution in [0.15, 0.2) is 22.9 Å². The van der Waals surface area contributed by atoms with Gasteiger partial charge in [0.15, 0.2) is 0 Å². The van der Waals surface area contributed by atoms with Crippen molar-refractivity contribution in [2.45, 2.75) is 19.1 Å². The second kappa shape index (κ2) is 5.91. The molecule has 88 valence electrons. The minimum Gasteiger partial charge on any atom is -0.464 e. The van der Waals surface area contributed by atoms with Crippen molar-refractivity contribution >= 4 is 21.9 Å². The molecule has 0 amide bonds. The Balaban J connectivity index is 2.82. The molecule has 0 spiro atoms. The summed E-state index contributed by atoms with van der Waals surface area (Å²) >= 11 is 3.14. The number of hydrogen-bond acceptors (Lipinski definition) is 4. The molecule has 1 rings (SSSR count). The lowest BCUT2D eigenvalue weighted by molar-refractivity contribution is -0.149. The zero-order valence-corrected chi connectivity index (χ0v) is 10.3. The highest BCUT2D eigenvalue weighted by atomic mass is 79.9. The summed E-state index contributed by atoms with van der Waals surface area (Å²) in [5, 5.41) is 0. The Labute approximate surface area is 101 Å². The summed E-state index contributed by atoms with van der Waals surface area (Å²) in [6.45, 7) is 1.73. The Morgan fingerprint density at radius 1 is 1.75 bits per heavy atom.